The first-order chi connectivity index (χ1) is 25.3. The molecule has 0 aromatic heterocycles. The van der Waals surface area contributed by atoms with E-state index in [0.717, 1.165) is 157 Å². The quantitative estimate of drug-likeness (QED) is 0.0253. The Kier molecular flexibility index (Phi) is 47.2. The molecule has 0 bridgehead atoms. The molecule has 314 valence electrons. The summed E-state index contributed by atoms with van der Waals surface area (Å²) in [4.78, 5) is 20.1. The number of hydrogen-bond acceptors (Lipinski definition) is 13. The molecule has 12 N–H and O–H groups in total. The van der Waals surface area contributed by atoms with Crippen LogP contribution in [-0.2, 0) is 4.79 Å². The zero-order valence-electron chi connectivity index (χ0n) is 33.9. The Morgan fingerprint density at radius 2 is 1.00 bits per heavy atom. The van der Waals surface area contributed by atoms with Crippen molar-refractivity contribution in [3.05, 3.63) is 0 Å². The summed E-state index contributed by atoms with van der Waals surface area (Å²) < 4.78 is 0. The molecule has 17 heteroatoms. The van der Waals surface area contributed by atoms with Crippen molar-refractivity contribution in [1.82, 2.24) is 40.4 Å². The van der Waals surface area contributed by atoms with E-state index < -0.39 is 0 Å². The van der Waals surface area contributed by atoms with Crippen LogP contribution in [0.3, 0.4) is 0 Å². The molecule has 0 aliphatic carbocycles. The van der Waals surface area contributed by atoms with Crippen molar-refractivity contribution >= 4 is 41.0 Å². The Balaban J connectivity index is 0. The molecule has 13 nitrogen and oxygen atoms in total. The third-order valence-electron chi connectivity index (χ3n) is 8.86. The fourth-order valence-electron chi connectivity index (χ4n) is 6.07. The van der Waals surface area contributed by atoms with Gasteiger partial charge in [-0.15, -0.1) is 0 Å². The van der Waals surface area contributed by atoms with Crippen LogP contribution in [0, 0.1) is 11.8 Å². The molecular formula is C35H88N12OP4. The third kappa shape index (κ3) is 40.6. The van der Waals surface area contributed by atoms with Gasteiger partial charge in [0.2, 0.25) is 0 Å². The fraction of sp³-hybridized carbons (Fsp3) is 0.971. The topological polar surface area (TPSA) is 182 Å². The lowest BCUT2D eigenvalue weighted by molar-refractivity contribution is -0.108. The number of nitrogens with zero attached hydrogens (tertiary/aromatic N) is 4. The monoisotopic (exact) mass is 817 g/mol. The van der Waals surface area contributed by atoms with Crippen molar-refractivity contribution in [3.63, 3.8) is 0 Å². The standard InChI is InChI=1S/C25H68N12P4.C10H20O/c26-4-9-30-10-19-37(20-12-31-11-18-36(17-7-29)21-13-33-41-39)25-23-34(14-3-1-2-8-32-40-38)22-24-35(15-5-27)16-6-28;1-9(2)8-10(3)6-4-5-7-11/h30-33,40-41H,1-29,38-39H2;7,9-10H,4-6,8H2,1-3H3. The summed E-state index contributed by atoms with van der Waals surface area (Å²) in [6.07, 6.45) is 9.06. The third-order valence-corrected chi connectivity index (χ3v) is 11.0. The molecule has 0 saturated carbocycles. The minimum atomic E-state index is 0.677. The van der Waals surface area contributed by atoms with Crippen LogP contribution in [0.2, 0.25) is 0 Å². The summed E-state index contributed by atoms with van der Waals surface area (Å²) in [5.74, 6) is 1.58. The van der Waals surface area contributed by atoms with Crippen LogP contribution in [-0.4, -0.2) is 170 Å². The van der Waals surface area contributed by atoms with E-state index in [4.69, 9.17) is 22.9 Å². The zero-order chi connectivity index (χ0) is 38.9. The summed E-state index contributed by atoms with van der Waals surface area (Å²) in [6, 6.07) is 0. The first-order valence-electron chi connectivity index (χ1n) is 20.2. The van der Waals surface area contributed by atoms with Gasteiger partial charge < -0.3 is 43.3 Å². The number of carbonyl (C=O) groups excluding carboxylic acids is 1. The first kappa shape index (κ1) is 55.0. The van der Waals surface area contributed by atoms with Crippen LogP contribution in [0.4, 0.5) is 0 Å². The molecule has 5 unspecified atom stereocenters. The maximum absolute atomic E-state index is 10.0. The van der Waals surface area contributed by atoms with E-state index in [1.807, 2.05) is 0 Å². The van der Waals surface area contributed by atoms with Crippen LogP contribution in [0.5, 0.6) is 0 Å². The smallest absolute Gasteiger partial charge is 0.119 e. The summed E-state index contributed by atoms with van der Waals surface area (Å²) in [5.41, 5.74) is 23.2. The normalized spacial score (nSPS) is 12.9. The number of rotatable bonds is 40. The lowest BCUT2D eigenvalue weighted by Crippen LogP contribution is -2.45. The highest BCUT2D eigenvalue weighted by Crippen LogP contribution is 2.16. The summed E-state index contributed by atoms with van der Waals surface area (Å²) in [5, 5.41) is 14.0. The minimum absolute atomic E-state index is 0.677. The lowest BCUT2D eigenvalue weighted by atomic mass is 9.94. The van der Waals surface area contributed by atoms with Crippen molar-refractivity contribution in [2.75, 3.05) is 144 Å². The van der Waals surface area contributed by atoms with E-state index >= 15 is 0 Å². The van der Waals surface area contributed by atoms with Gasteiger partial charge in [-0.3, -0.25) is 24.9 Å². The van der Waals surface area contributed by atoms with Crippen molar-refractivity contribution in [1.29, 1.82) is 0 Å². The average molecular weight is 817 g/mol. The molecular weight excluding hydrogens is 728 g/mol. The molecule has 0 amide bonds. The van der Waals surface area contributed by atoms with Crippen LogP contribution in [0.25, 0.3) is 0 Å². The van der Waals surface area contributed by atoms with Gasteiger partial charge in [-0.1, -0.05) is 51.5 Å². The van der Waals surface area contributed by atoms with E-state index in [9.17, 15) is 4.79 Å². The van der Waals surface area contributed by atoms with Crippen molar-refractivity contribution in [3.8, 4) is 0 Å². The predicted octanol–water partition coefficient (Wildman–Crippen LogP) is 1.36. The minimum Gasteiger partial charge on any atom is -0.329 e. The van der Waals surface area contributed by atoms with Crippen LogP contribution in [0.15, 0.2) is 0 Å². The molecule has 0 rings (SSSR count). The Morgan fingerprint density at radius 1 is 0.538 bits per heavy atom. The Labute approximate surface area is 329 Å². The number of carbonyl (C=O) groups is 1. The Hall–Kier alpha value is 0.910. The van der Waals surface area contributed by atoms with Gasteiger partial charge in [-0.25, -0.2) is 0 Å². The second-order valence-electron chi connectivity index (χ2n) is 14.1. The van der Waals surface area contributed by atoms with Gasteiger partial charge in [0.15, 0.2) is 0 Å². The van der Waals surface area contributed by atoms with Gasteiger partial charge in [-0.05, 0) is 67.4 Å². The Bertz CT molecular complexity index is 706. The molecule has 5 atom stereocenters. The van der Waals surface area contributed by atoms with Crippen molar-refractivity contribution in [2.45, 2.75) is 65.7 Å². The van der Waals surface area contributed by atoms with E-state index in [2.05, 4.69) is 79.0 Å². The number of nitrogens with one attached hydrogen (secondary N) is 4. The fourth-order valence-corrected chi connectivity index (χ4v) is 7.52. The van der Waals surface area contributed by atoms with Gasteiger partial charge in [0.1, 0.15) is 6.29 Å². The molecule has 0 aliphatic rings. The molecule has 0 aliphatic heterocycles. The molecule has 0 radical (unpaired) electrons. The van der Waals surface area contributed by atoms with Gasteiger partial charge in [0.05, 0.1) is 0 Å². The van der Waals surface area contributed by atoms with Crippen molar-refractivity contribution < 1.29 is 4.79 Å². The molecule has 0 saturated heterocycles. The number of aldehydes is 1. The molecule has 0 aromatic rings. The predicted molar refractivity (Wildman–Crippen MR) is 242 cm³/mol. The van der Waals surface area contributed by atoms with E-state index in [1.54, 1.807) is 0 Å². The molecule has 0 fully saturated rings. The highest BCUT2D eigenvalue weighted by Gasteiger charge is 2.12. The maximum Gasteiger partial charge on any atom is 0.119 e. The highest BCUT2D eigenvalue weighted by atomic mass is 32.0. The van der Waals surface area contributed by atoms with Crippen molar-refractivity contribution in [2.24, 2.45) is 34.8 Å². The van der Waals surface area contributed by atoms with Gasteiger partial charge in [0, 0.05) is 137 Å². The summed E-state index contributed by atoms with van der Waals surface area (Å²) in [6.45, 7) is 27.7. The molecule has 0 heterocycles. The van der Waals surface area contributed by atoms with Crippen LogP contribution >= 0.6 is 34.7 Å². The zero-order valence-corrected chi connectivity index (χ0v) is 38.2. The Morgan fingerprint density at radius 3 is 1.48 bits per heavy atom. The SMILES string of the molecule is CC(C)CC(C)CCCC=O.NCCNCCN(CCNCCN(CCN)CCNPP)CCN(CCCCCNPP)CCN(CCN)CCN. The summed E-state index contributed by atoms with van der Waals surface area (Å²) >= 11 is 0. The van der Waals surface area contributed by atoms with E-state index in [0.29, 0.717) is 34.6 Å². The maximum atomic E-state index is 10.0. The van der Waals surface area contributed by atoms with Crippen LogP contribution < -0.4 is 43.7 Å². The van der Waals surface area contributed by atoms with E-state index in [-0.39, 0.29) is 0 Å². The lowest BCUT2D eigenvalue weighted by Gasteiger charge is -2.30. The number of nitrogens with two attached hydrogens (primary N) is 4. The highest BCUT2D eigenvalue weighted by molar-refractivity contribution is 8.02. The molecule has 52 heavy (non-hydrogen) atoms. The van der Waals surface area contributed by atoms with Gasteiger partial charge in [-0.2, -0.15) is 0 Å². The number of unbranched alkanes of at least 4 members (excludes halogenated alkanes) is 3. The van der Waals surface area contributed by atoms with Gasteiger partial charge in [0.25, 0.3) is 0 Å². The van der Waals surface area contributed by atoms with E-state index in [1.165, 1.54) is 32.1 Å². The number of hydrogen-bond donors (Lipinski definition) is 8. The average Bonchev–Trinajstić information content (AvgIpc) is 3.12. The van der Waals surface area contributed by atoms with Crippen LogP contribution in [0.1, 0.15) is 65.7 Å². The second kappa shape index (κ2) is 44.6. The second-order valence-corrected chi connectivity index (χ2v) is 17.1. The largest absolute Gasteiger partial charge is 0.329 e. The summed E-state index contributed by atoms with van der Waals surface area (Å²) in [7, 11) is 6.97. The first-order valence-corrected chi connectivity index (χ1v) is 25.8. The van der Waals surface area contributed by atoms with Gasteiger partial charge >= 0.3 is 0 Å². The molecule has 0 aromatic carbocycles. The molecule has 0 spiro atoms.